The summed E-state index contributed by atoms with van der Waals surface area (Å²) in [5.41, 5.74) is 2.94. The maximum absolute atomic E-state index is 12.4. The molecule has 0 aromatic carbocycles. The fourth-order valence-corrected chi connectivity index (χ4v) is 2.21. The highest BCUT2D eigenvalue weighted by molar-refractivity contribution is 5.95. The zero-order valence-corrected chi connectivity index (χ0v) is 14.0. The Hall–Kier alpha value is -2.27. The number of Topliss-reactive ketones (excluding diaryl/α,β-unsaturated/α-hetero) is 1. The summed E-state index contributed by atoms with van der Waals surface area (Å²) in [7, 11) is 1.63. The van der Waals surface area contributed by atoms with Crippen molar-refractivity contribution in [3.63, 3.8) is 0 Å². The van der Waals surface area contributed by atoms with E-state index in [0.717, 1.165) is 17.0 Å². The predicted octanol–water partition coefficient (Wildman–Crippen LogP) is 2.93. The van der Waals surface area contributed by atoms with Crippen LogP contribution in [0.4, 0.5) is 0 Å². The Bertz CT molecular complexity index is 668. The van der Waals surface area contributed by atoms with E-state index in [1.807, 2.05) is 39.0 Å². The Labute approximate surface area is 136 Å². The highest BCUT2D eigenvalue weighted by Crippen LogP contribution is 2.17. The fraction of sp³-hybridized carbons (Fsp3) is 0.389. The molecule has 0 radical (unpaired) electrons. The Kier molecular flexibility index (Phi) is 5.82. The lowest BCUT2D eigenvalue weighted by Gasteiger charge is -2.14. The number of rotatable bonds is 7. The molecule has 23 heavy (non-hydrogen) atoms. The van der Waals surface area contributed by atoms with Gasteiger partial charge in [0, 0.05) is 36.8 Å². The van der Waals surface area contributed by atoms with Gasteiger partial charge in [-0.25, -0.2) is 4.98 Å². The topological polar surface area (TPSA) is 61.3 Å². The average molecular weight is 314 g/mol. The Balaban J connectivity index is 2.13. The van der Waals surface area contributed by atoms with E-state index in [0.29, 0.717) is 18.1 Å². The van der Waals surface area contributed by atoms with Crippen LogP contribution in [0.25, 0.3) is 0 Å². The van der Waals surface area contributed by atoms with Gasteiger partial charge >= 0.3 is 0 Å². The maximum atomic E-state index is 12.4. The summed E-state index contributed by atoms with van der Waals surface area (Å²) in [6, 6.07) is 7.30. The number of pyridine rings is 2. The summed E-state index contributed by atoms with van der Waals surface area (Å²) in [4.78, 5) is 21.0. The van der Waals surface area contributed by atoms with Gasteiger partial charge in [0.1, 0.15) is 17.5 Å². The van der Waals surface area contributed by atoms with Gasteiger partial charge in [0.25, 0.3) is 0 Å². The Morgan fingerprint density at radius 3 is 2.70 bits per heavy atom. The number of hydrogen-bond donors (Lipinski definition) is 0. The lowest BCUT2D eigenvalue weighted by molar-refractivity contribution is 0.0913. The third-order valence-electron chi connectivity index (χ3n) is 3.27. The molecule has 0 unspecified atom stereocenters. The lowest BCUT2D eigenvalue weighted by atomic mass is 10.1. The van der Waals surface area contributed by atoms with Gasteiger partial charge in [0.05, 0.1) is 13.0 Å². The molecule has 2 aromatic heterocycles. The van der Waals surface area contributed by atoms with E-state index in [1.165, 1.54) is 0 Å². The Morgan fingerprint density at radius 1 is 1.26 bits per heavy atom. The minimum Gasteiger partial charge on any atom is -0.488 e. The molecule has 0 aliphatic heterocycles. The van der Waals surface area contributed by atoms with E-state index in [9.17, 15) is 4.79 Å². The first-order valence-corrected chi connectivity index (χ1v) is 7.57. The van der Waals surface area contributed by atoms with Crippen LogP contribution in [0.5, 0.6) is 5.75 Å². The molecule has 5 heteroatoms. The third-order valence-corrected chi connectivity index (χ3v) is 3.27. The van der Waals surface area contributed by atoms with Crippen LogP contribution in [-0.4, -0.2) is 35.6 Å². The molecule has 2 heterocycles. The van der Waals surface area contributed by atoms with Crippen LogP contribution in [0.15, 0.2) is 30.5 Å². The van der Waals surface area contributed by atoms with Crippen LogP contribution in [0.3, 0.4) is 0 Å². The Morgan fingerprint density at radius 2 is 2.04 bits per heavy atom. The van der Waals surface area contributed by atoms with Crippen molar-refractivity contribution >= 4 is 5.78 Å². The molecular formula is C18H22N2O3. The summed E-state index contributed by atoms with van der Waals surface area (Å²) in [6.07, 6.45) is 1.89. The minimum absolute atomic E-state index is 0.0747. The molecule has 5 nitrogen and oxygen atoms in total. The zero-order chi connectivity index (χ0) is 16.8. The van der Waals surface area contributed by atoms with Crippen LogP contribution in [0, 0.1) is 13.8 Å². The molecule has 0 spiro atoms. The molecule has 2 rings (SSSR count). The number of carbonyl (C=O) groups excluding carboxylic acids is 1. The largest absolute Gasteiger partial charge is 0.488 e. The van der Waals surface area contributed by atoms with Crippen LogP contribution >= 0.6 is 0 Å². The number of carbonyl (C=O) groups is 1. The fourth-order valence-electron chi connectivity index (χ4n) is 2.21. The summed E-state index contributed by atoms with van der Waals surface area (Å²) < 4.78 is 10.8. The number of hydrogen-bond acceptors (Lipinski definition) is 5. The number of methoxy groups -OCH3 is 1. The van der Waals surface area contributed by atoms with Crippen molar-refractivity contribution in [2.75, 3.05) is 13.7 Å². The summed E-state index contributed by atoms with van der Waals surface area (Å²) in [5, 5.41) is 0. The summed E-state index contributed by atoms with van der Waals surface area (Å²) in [5.74, 6) is 0.552. The van der Waals surface area contributed by atoms with Gasteiger partial charge in [-0.3, -0.25) is 9.78 Å². The second-order valence-corrected chi connectivity index (χ2v) is 5.64. The number of aromatic nitrogens is 2. The number of nitrogens with zero attached hydrogens (tertiary/aromatic N) is 2. The van der Waals surface area contributed by atoms with Gasteiger partial charge < -0.3 is 9.47 Å². The second-order valence-electron chi connectivity index (χ2n) is 5.64. The molecule has 2 aromatic rings. The van der Waals surface area contributed by atoms with E-state index in [-0.39, 0.29) is 18.3 Å². The minimum atomic E-state index is -0.0940. The van der Waals surface area contributed by atoms with Crippen LogP contribution < -0.4 is 4.74 Å². The van der Waals surface area contributed by atoms with E-state index >= 15 is 0 Å². The SMILES string of the molecule is COC[C@H](C)Oc1cc(C)nc(C(=O)Cc2ccc(C)cn2)c1. The van der Waals surface area contributed by atoms with E-state index in [4.69, 9.17) is 9.47 Å². The first kappa shape index (κ1) is 17.1. The molecule has 0 amide bonds. The lowest BCUT2D eigenvalue weighted by Crippen LogP contribution is -2.18. The standard InChI is InChI=1S/C18H22N2O3/c1-12-5-6-15(19-10-12)8-18(21)17-9-16(7-13(2)20-17)23-14(3)11-22-4/h5-7,9-10,14H,8,11H2,1-4H3/t14-/m0/s1. The summed E-state index contributed by atoms with van der Waals surface area (Å²) in [6.45, 7) is 6.20. The van der Waals surface area contributed by atoms with Gasteiger partial charge in [0.15, 0.2) is 5.78 Å². The monoisotopic (exact) mass is 314 g/mol. The molecule has 1 atom stereocenters. The molecule has 0 aliphatic carbocycles. The van der Waals surface area contributed by atoms with Gasteiger partial charge in [-0.15, -0.1) is 0 Å². The van der Waals surface area contributed by atoms with Crippen molar-refractivity contribution in [1.82, 2.24) is 9.97 Å². The highest BCUT2D eigenvalue weighted by atomic mass is 16.5. The molecule has 0 fully saturated rings. The van der Waals surface area contributed by atoms with Crippen LogP contribution in [0.1, 0.15) is 34.4 Å². The molecule has 0 saturated heterocycles. The molecule has 122 valence electrons. The van der Waals surface area contributed by atoms with Crippen LogP contribution in [-0.2, 0) is 11.2 Å². The smallest absolute Gasteiger partial charge is 0.187 e. The van der Waals surface area contributed by atoms with Crippen molar-refractivity contribution < 1.29 is 14.3 Å². The van der Waals surface area contributed by atoms with Crippen molar-refractivity contribution in [1.29, 1.82) is 0 Å². The molecule has 0 aliphatic rings. The van der Waals surface area contributed by atoms with Gasteiger partial charge in [-0.2, -0.15) is 0 Å². The van der Waals surface area contributed by atoms with Crippen molar-refractivity contribution in [2.24, 2.45) is 0 Å². The summed E-state index contributed by atoms with van der Waals surface area (Å²) >= 11 is 0. The number of aryl methyl sites for hydroxylation is 2. The van der Waals surface area contributed by atoms with E-state index in [1.54, 1.807) is 19.4 Å². The quantitative estimate of drug-likeness (QED) is 0.735. The van der Waals surface area contributed by atoms with E-state index in [2.05, 4.69) is 9.97 Å². The first-order chi connectivity index (χ1) is 11.0. The van der Waals surface area contributed by atoms with Gasteiger partial charge in [-0.1, -0.05) is 6.07 Å². The predicted molar refractivity (Wildman–Crippen MR) is 87.9 cm³/mol. The first-order valence-electron chi connectivity index (χ1n) is 7.57. The van der Waals surface area contributed by atoms with E-state index < -0.39 is 0 Å². The number of ether oxygens (including phenoxy) is 2. The third kappa shape index (κ3) is 5.14. The molecule has 0 saturated carbocycles. The highest BCUT2D eigenvalue weighted by Gasteiger charge is 2.13. The van der Waals surface area contributed by atoms with Crippen LogP contribution in [0.2, 0.25) is 0 Å². The number of ketones is 1. The average Bonchev–Trinajstić information content (AvgIpc) is 2.49. The van der Waals surface area contributed by atoms with Crippen molar-refractivity contribution in [3.8, 4) is 5.75 Å². The van der Waals surface area contributed by atoms with Gasteiger partial charge in [-0.05, 0) is 32.4 Å². The zero-order valence-electron chi connectivity index (χ0n) is 14.0. The van der Waals surface area contributed by atoms with Gasteiger partial charge in [0.2, 0.25) is 0 Å². The molecule has 0 bridgehead atoms. The molecule has 0 N–H and O–H groups in total. The molecular weight excluding hydrogens is 292 g/mol. The van der Waals surface area contributed by atoms with Crippen molar-refractivity contribution in [3.05, 3.63) is 53.1 Å². The van der Waals surface area contributed by atoms with Crippen molar-refractivity contribution in [2.45, 2.75) is 33.3 Å². The second kappa shape index (κ2) is 7.83. The normalized spacial score (nSPS) is 12.0. The maximum Gasteiger partial charge on any atom is 0.187 e.